The van der Waals surface area contributed by atoms with Crippen LogP contribution in [0.25, 0.3) is 0 Å². The molecule has 3 atom stereocenters. The number of anilines is 5. The summed E-state index contributed by atoms with van der Waals surface area (Å²) in [5.74, 6) is 3.26. The van der Waals surface area contributed by atoms with E-state index in [4.69, 9.17) is 46.4 Å². The molecule has 0 saturated carbocycles. The van der Waals surface area contributed by atoms with Crippen molar-refractivity contribution >= 4 is 99.5 Å². The normalized spacial score (nSPS) is 16.4. The molecule has 0 spiro atoms. The van der Waals surface area contributed by atoms with Gasteiger partial charge in [0, 0.05) is 148 Å². The number of hydrogen-bond donors (Lipinski definition) is 5. The molecule has 4 saturated heterocycles. The number of halogens is 7. The molecular weight excluding hydrogens is 1490 g/mol. The number of benzene rings is 4. The van der Waals surface area contributed by atoms with Crippen molar-refractivity contribution in [2.75, 3.05) is 143 Å². The van der Waals surface area contributed by atoms with Crippen LogP contribution in [0.4, 0.5) is 61.3 Å². The minimum absolute atomic E-state index is 0.00409. The van der Waals surface area contributed by atoms with Gasteiger partial charge in [-0.05, 0) is 131 Å². The fraction of sp³-hybridized carbons (Fsp3) is 0.415. The summed E-state index contributed by atoms with van der Waals surface area (Å²) in [6.07, 6.45) is 3.65. The Morgan fingerprint density at radius 3 is 1.35 bits per heavy atom. The number of nitrogens with one attached hydrogen (secondary N) is 4. The summed E-state index contributed by atoms with van der Waals surface area (Å²) in [4.78, 5) is 82.8. The van der Waals surface area contributed by atoms with Crippen molar-refractivity contribution < 1.29 is 37.5 Å². The number of alkyl halides is 3. The number of carbonyl (C=O) groups excluding carboxylic acids is 4. The van der Waals surface area contributed by atoms with Gasteiger partial charge in [-0.3, -0.25) is 0 Å². The van der Waals surface area contributed by atoms with E-state index in [0.717, 1.165) is 62.1 Å². The van der Waals surface area contributed by atoms with Crippen LogP contribution in [0.5, 0.6) is 0 Å². The van der Waals surface area contributed by atoms with Crippen molar-refractivity contribution in [2.45, 2.75) is 103 Å². The average molecular weight is 1590 g/mol. The fourth-order valence-electron chi connectivity index (χ4n) is 13.0. The van der Waals surface area contributed by atoms with Gasteiger partial charge in [0.1, 0.15) is 23.3 Å². The Morgan fingerprint density at radius 2 is 0.891 bits per heavy atom. The van der Waals surface area contributed by atoms with Crippen LogP contribution < -0.4 is 40.9 Å². The first kappa shape index (κ1) is 84.7. The third kappa shape index (κ3) is 24.6. The summed E-state index contributed by atoms with van der Waals surface area (Å²) >= 11 is 24.9. The molecule has 8 aromatic rings. The van der Waals surface area contributed by atoms with Crippen LogP contribution in [0, 0.1) is 0 Å². The Hall–Kier alpha value is -9.33. The number of pyridine rings is 4. The van der Waals surface area contributed by atoms with Crippen LogP contribution in [-0.2, 0) is 29.8 Å². The largest absolute Gasteiger partial charge is 0.416 e. The molecule has 0 aliphatic carbocycles. The molecule has 4 aliphatic heterocycles. The summed E-state index contributed by atoms with van der Waals surface area (Å²) < 4.78 is 38.2. The first-order valence-corrected chi connectivity index (χ1v) is 38.7. The molecule has 28 heteroatoms. The number of hydrogen-bond acceptors (Lipinski definition) is 13. The van der Waals surface area contributed by atoms with Crippen molar-refractivity contribution in [3.05, 3.63) is 230 Å². The Labute approximate surface area is 664 Å². The first-order chi connectivity index (χ1) is 52.5. The molecule has 4 aromatic carbocycles. The van der Waals surface area contributed by atoms with Crippen LogP contribution >= 0.6 is 46.4 Å². The maximum absolute atomic E-state index is 12.8. The third-order valence-corrected chi connectivity index (χ3v) is 20.7. The van der Waals surface area contributed by atoms with E-state index in [1.165, 1.54) is 28.3 Å². The molecular formula is C82H101Cl4F3N16O5. The Bertz CT molecular complexity index is 4260. The van der Waals surface area contributed by atoms with Crippen molar-refractivity contribution in [3.8, 4) is 0 Å². The molecule has 110 heavy (non-hydrogen) atoms. The molecule has 21 nitrogen and oxygen atoms in total. The van der Waals surface area contributed by atoms with Crippen molar-refractivity contribution in [2.24, 2.45) is 0 Å². The molecule has 4 aliphatic rings. The number of nitrogens with zero attached hydrogens (tertiary/aromatic N) is 12. The summed E-state index contributed by atoms with van der Waals surface area (Å²) in [6.45, 7) is 27.4. The Kier molecular flexibility index (Phi) is 30.8. The van der Waals surface area contributed by atoms with Gasteiger partial charge < -0.3 is 65.6 Å². The number of urea groups is 4. The second-order valence-corrected chi connectivity index (χ2v) is 31.1. The van der Waals surface area contributed by atoms with Crippen molar-refractivity contribution in [1.29, 1.82) is 0 Å². The minimum atomic E-state index is -4.37. The van der Waals surface area contributed by atoms with Gasteiger partial charge in [0.25, 0.3) is 0 Å². The molecule has 1 unspecified atom stereocenters. The zero-order valence-electron chi connectivity index (χ0n) is 63.7. The molecule has 8 heterocycles. The highest BCUT2D eigenvalue weighted by Crippen LogP contribution is 2.32. The van der Waals surface area contributed by atoms with Gasteiger partial charge in [-0.25, -0.2) is 39.1 Å². The smallest absolute Gasteiger partial charge is 0.394 e. The van der Waals surface area contributed by atoms with Crippen LogP contribution in [0.2, 0.25) is 20.1 Å². The van der Waals surface area contributed by atoms with E-state index in [2.05, 4.69) is 143 Å². The molecule has 12 rings (SSSR count). The fourth-order valence-corrected chi connectivity index (χ4v) is 14.0. The lowest BCUT2D eigenvalue weighted by Crippen LogP contribution is -2.58. The van der Waals surface area contributed by atoms with E-state index in [9.17, 15) is 37.5 Å². The molecule has 8 amide bonds. The molecule has 0 bridgehead atoms. The van der Waals surface area contributed by atoms with E-state index < -0.39 is 11.7 Å². The molecule has 4 aromatic heterocycles. The van der Waals surface area contributed by atoms with Gasteiger partial charge in [-0.2, -0.15) is 13.2 Å². The Morgan fingerprint density at radius 1 is 0.464 bits per heavy atom. The SMILES string of the molecule is CC(C)(C)c1ccc(NC(=O)N2CCN(c3ncccc3Cl)C[C@H]2CO)cc1.CC(CNC(=O)N1CCN(c2ncccc2Cl)CC1)c1ccccc1.C[C@@H]1CN(c2ncccc2Cl)CCN1C(=O)NCCc1ccc(C(C)(C)C)cc1.O=C(NCCc1cccc(C(F)(F)F)c1)N1CCN(c2ncccc2Cl)CC1. The van der Waals surface area contributed by atoms with E-state index in [1.54, 1.807) is 64.9 Å². The lowest BCUT2D eigenvalue weighted by atomic mass is 9.86. The number of aliphatic hydroxyl groups excluding tert-OH is 1. The van der Waals surface area contributed by atoms with Gasteiger partial charge in [0.15, 0.2) is 0 Å². The highest BCUT2D eigenvalue weighted by Gasteiger charge is 2.34. The number of rotatable bonds is 15. The minimum Gasteiger partial charge on any atom is -0.394 e. The summed E-state index contributed by atoms with van der Waals surface area (Å²) in [5.41, 5.74) is 5.82. The number of aliphatic hydroxyl groups is 1. The zero-order chi connectivity index (χ0) is 79.1. The molecule has 0 radical (unpaired) electrons. The number of amides is 8. The lowest BCUT2D eigenvalue weighted by molar-refractivity contribution is -0.137. The van der Waals surface area contributed by atoms with E-state index in [-0.39, 0.29) is 60.2 Å². The number of piperazine rings is 4. The van der Waals surface area contributed by atoms with Gasteiger partial charge in [0.2, 0.25) is 0 Å². The highest BCUT2D eigenvalue weighted by atomic mass is 35.5. The monoisotopic (exact) mass is 1590 g/mol. The predicted octanol–water partition coefficient (Wildman–Crippen LogP) is 15.4. The zero-order valence-corrected chi connectivity index (χ0v) is 66.7. The Balaban J connectivity index is 0.000000169. The van der Waals surface area contributed by atoms with Crippen LogP contribution in [0.1, 0.15) is 94.7 Å². The summed E-state index contributed by atoms with van der Waals surface area (Å²) in [5, 5.41) is 24.1. The highest BCUT2D eigenvalue weighted by molar-refractivity contribution is 6.34. The third-order valence-electron chi connectivity index (χ3n) is 19.5. The van der Waals surface area contributed by atoms with Crippen LogP contribution in [0.15, 0.2) is 176 Å². The van der Waals surface area contributed by atoms with E-state index in [1.807, 2.05) is 86.3 Å². The maximum Gasteiger partial charge on any atom is 0.416 e. The average Bonchev–Trinajstić information content (AvgIpc) is 0.816. The maximum atomic E-state index is 12.8. The van der Waals surface area contributed by atoms with Gasteiger partial charge in [0.05, 0.1) is 38.3 Å². The van der Waals surface area contributed by atoms with Crippen molar-refractivity contribution in [1.82, 2.24) is 55.5 Å². The lowest BCUT2D eigenvalue weighted by Gasteiger charge is -2.41. The summed E-state index contributed by atoms with van der Waals surface area (Å²) in [7, 11) is 0. The van der Waals surface area contributed by atoms with Gasteiger partial charge >= 0.3 is 30.3 Å². The number of aromatic nitrogens is 4. The molecule has 4 fully saturated rings. The van der Waals surface area contributed by atoms with Crippen LogP contribution in [-0.4, -0.2) is 199 Å². The quantitative estimate of drug-likeness (QED) is 0.0647. The second kappa shape index (κ2) is 40.0. The van der Waals surface area contributed by atoms with Gasteiger partial charge in [-0.15, -0.1) is 0 Å². The van der Waals surface area contributed by atoms with Crippen molar-refractivity contribution in [3.63, 3.8) is 0 Å². The summed E-state index contributed by atoms with van der Waals surface area (Å²) in [6, 6.07) is 45.7. The predicted molar refractivity (Wildman–Crippen MR) is 436 cm³/mol. The van der Waals surface area contributed by atoms with Crippen LogP contribution in [0.3, 0.4) is 0 Å². The topological polar surface area (TPSA) is 214 Å². The van der Waals surface area contributed by atoms with Gasteiger partial charge in [-0.1, -0.05) is 180 Å². The second-order valence-electron chi connectivity index (χ2n) is 29.5. The molecule has 588 valence electrons. The van der Waals surface area contributed by atoms with E-state index >= 15 is 0 Å². The first-order valence-electron chi connectivity index (χ1n) is 37.2. The number of carbonyl (C=O) groups is 4. The standard InChI is InChI=1S/C23H31ClN4O.C21H27ClN4O2.C19H20ClF3N4O.C19H23ClN4O/c1-17-16-27(21-20(24)6-5-12-25-21)14-15-28(17)22(29)26-13-11-18-7-9-19(10-8-18)23(2,3)4;1-21(2,3)15-6-8-16(9-7-15)24-20(28)26-12-11-25(13-17(26)14-27)19-18(22)5-4-10-23-19;20-16-5-2-7-24-17(16)26-9-11-27(12-10-26)18(28)25-8-6-14-3-1-4-15(13-14)19(21,22)23;1-15(16-6-3-2-4-7-16)14-22-19(25)24-12-10-23(11-13-24)18-17(20)8-5-9-21-18/h5-10,12,17H,11,13-16H2,1-4H3,(H,26,29);4-10,17,27H,11-14H2,1-3H3,(H,24,28);1-5,7,13H,6,8-12H2,(H,25,28);2-9,15H,10-14H2,1H3,(H,22,25)/t2*17-;;/m10../s1. The molecule has 5 N–H and O–H groups in total. The van der Waals surface area contributed by atoms with E-state index in [0.29, 0.717) is 128 Å².